The molecule has 1 atom stereocenters. The summed E-state index contributed by atoms with van der Waals surface area (Å²) in [6, 6.07) is 8.80. The third-order valence-corrected chi connectivity index (χ3v) is 3.03. The average Bonchev–Trinajstić information content (AvgIpc) is 2.38. The Labute approximate surface area is 116 Å². The molecule has 0 bridgehead atoms. The Kier molecular flexibility index (Phi) is 3.85. The van der Waals surface area contributed by atoms with E-state index < -0.39 is 6.04 Å². The van der Waals surface area contributed by atoms with Crippen molar-refractivity contribution in [3.63, 3.8) is 0 Å². The molecule has 1 amide bonds. The summed E-state index contributed by atoms with van der Waals surface area (Å²) in [6.45, 7) is 3.32. The lowest BCUT2D eigenvalue weighted by Crippen LogP contribution is -2.35. The van der Waals surface area contributed by atoms with Crippen LogP contribution in [0.3, 0.4) is 0 Å². The Morgan fingerprint density at radius 2 is 2.20 bits per heavy atom. The number of hydrogen-bond donors (Lipinski definition) is 2. The highest BCUT2D eigenvalue weighted by molar-refractivity contribution is 5.79. The molecule has 2 aromatic rings. The Morgan fingerprint density at radius 3 is 2.85 bits per heavy atom. The number of pyridine rings is 1. The first-order valence-corrected chi connectivity index (χ1v) is 6.29. The number of nitrogens with zero attached hydrogens (tertiary/aromatic N) is 1. The first-order chi connectivity index (χ1) is 9.49. The van der Waals surface area contributed by atoms with Gasteiger partial charge in [0, 0.05) is 24.4 Å². The summed E-state index contributed by atoms with van der Waals surface area (Å²) in [5.74, 6) is -0.287. The van der Waals surface area contributed by atoms with Crippen molar-refractivity contribution in [2.45, 2.75) is 26.3 Å². The number of carbonyl (C=O) groups is 1. The maximum absolute atomic E-state index is 12.0. The fourth-order valence-corrected chi connectivity index (χ4v) is 2.12. The van der Waals surface area contributed by atoms with Gasteiger partial charge < -0.3 is 10.3 Å². The van der Waals surface area contributed by atoms with Crippen LogP contribution in [0.15, 0.2) is 29.1 Å². The predicted molar refractivity (Wildman–Crippen MR) is 76.2 cm³/mol. The van der Waals surface area contributed by atoms with E-state index in [4.69, 9.17) is 5.26 Å². The molecule has 0 aliphatic rings. The Balaban J connectivity index is 2.39. The van der Waals surface area contributed by atoms with Crippen LogP contribution in [0.1, 0.15) is 18.1 Å². The standard InChI is InChI=1S/C15H15N3O2/c1-9-3-4-14-11(5-9)6-12(15(20)18-14)7-13(8-16)17-10(2)19/h3-6,13H,7H2,1-2H3,(H,17,19)(H,18,20)/t13-/m0/s1. The van der Waals surface area contributed by atoms with Gasteiger partial charge in [-0.3, -0.25) is 9.59 Å². The molecule has 1 heterocycles. The number of benzene rings is 1. The second-order valence-corrected chi connectivity index (χ2v) is 4.80. The molecule has 1 aromatic heterocycles. The van der Waals surface area contributed by atoms with Gasteiger partial charge in [-0.05, 0) is 30.5 Å². The molecule has 5 heteroatoms. The number of aromatic nitrogens is 1. The molecule has 5 nitrogen and oxygen atoms in total. The van der Waals surface area contributed by atoms with Crippen LogP contribution < -0.4 is 10.9 Å². The van der Waals surface area contributed by atoms with Crippen molar-refractivity contribution in [1.29, 1.82) is 5.26 Å². The zero-order valence-electron chi connectivity index (χ0n) is 11.4. The minimum absolute atomic E-state index is 0.190. The van der Waals surface area contributed by atoms with Crippen molar-refractivity contribution < 1.29 is 4.79 Å². The molecule has 0 saturated heterocycles. The third-order valence-electron chi connectivity index (χ3n) is 3.03. The number of amides is 1. The number of rotatable bonds is 3. The Bertz CT molecular complexity index is 756. The summed E-state index contributed by atoms with van der Waals surface area (Å²) in [7, 11) is 0. The molecule has 2 rings (SSSR count). The quantitative estimate of drug-likeness (QED) is 0.883. The van der Waals surface area contributed by atoms with Gasteiger partial charge in [-0.25, -0.2) is 0 Å². The van der Waals surface area contributed by atoms with Crippen LogP contribution in [-0.2, 0) is 11.2 Å². The highest BCUT2D eigenvalue weighted by Gasteiger charge is 2.12. The lowest BCUT2D eigenvalue weighted by atomic mass is 10.0. The van der Waals surface area contributed by atoms with Crippen molar-refractivity contribution >= 4 is 16.8 Å². The van der Waals surface area contributed by atoms with Crippen LogP contribution in [0.5, 0.6) is 0 Å². The van der Waals surface area contributed by atoms with Gasteiger partial charge in [-0.15, -0.1) is 0 Å². The molecule has 0 unspecified atom stereocenters. The van der Waals surface area contributed by atoms with Gasteiger partial charge in [0.1, 0.15) is 6.04 Å². The smallest absolute Gasteiger partial charge is 0.251 e. The molecule has 102 valence electrons. The maximum Gasteiger partial charge on any atom is 0.251 e. The molecule has 2 N–H and O–H groups in total. The second-order valence-electron chi connectivity index (χ2n) is 4.80. The summed E-state index contributed by atoms with van der Waals surface area (Å²) in [6.07, 6.45) is 0.190. The summed E-state index contributed by atoms with van der Waals surface area (Å²) < 4.78 is 0. The van der Waals surface area contributed by atoms with Crippen LogP contribution in [-0.4, -0.2) is 16.9 Å². The Morgan fingerprint density at radius 1 is 1.45 bits per heavy atom. The molecule has 0 saturated carbocycles. The van der Waals surface area contributed by atoms with Crippen LogP contribution in [0.4, 0.5) is 0 Å². The topological polar surface area (TPSA) is 85.8 Å². The minimum atomic E-state index is -0.698. The van der Waals surface area contributed by atoms with E-state index in [2.05, 4.69) is 10.3 Å². The first kappa shape index (κ1) is 13.8. The molecule has 0 aliphatic heterocycles. The monoisotopic (exact) mass is 269 g/mol. The summed E-state index contributed by atoms with van der Waals surface area (Å²) in [5, 5.41) is 12.4. The number of nitrogens with one attached hydrogen (secondary N) is 2. The number of aryl methyl sites for hydroxylation is 1. The second kappa shape index (κ2) is 5.57. The highest BCUT2D eigenvalue weighted by Crippen LogP contribution is 2.13. The minimum Gasteiger partial charge on any atom is -0.340 e. The summed E-state index contributed by atoms with van der Waals surface area (Å²) in [5.41, 5.74) is 2.11. The van der Waals surface area contributed by atoms with Gasteiger partial charge in [-0.1, -0.05) is 11.6 Å². The largest absolute Gasteiger partial charge is 0.340 e. The van der Waals surface area contributed by atoms with Gasteiger partial charge >= 0.3 is 0 Å². The van der Waals surface area contributed by atoms with Crippen molar-refractivity contribution in [1.82, 2.24) is 10.3 Å². The third kappa shape index (κ3) is 3.04. The van der Waals surface area contributed by atoms with E-state index in [0.29, 0.717) is 5.56 Å². The van der Waals surface area contributed by atoms with Crippen LogP contribution >= 0.6 is 0 Å². The lowest BCUT2D eigenvalue weighted by molar-refractivity contribution is -0.119. The van der Waals surface area contributed by atoms with Crippen molar-refractivity contribution in [3.8, 4) is 6.07 Å². The van der Waals surface area contributed by atoms with Gasteiger partial charge in [-0.2, -0.15) is 5.26 Å². The fourth-order valence-electron chi connectivity index (χ4n) is 2.12. The van der Waals surface area contributed by atoms with Gasteiger partial charge in [0.2, 0.25) is 5.91 Å². The van der Waals surface area contributed by atoms with E-state index in [1.165, 1.54) is 6.92 Å². The van der Waals surface area contributed by atoms with E-state index >= 15 is 0 Å². The van der Waals surface area contributed by atoms with Crippen LogP contribution in [0.25, 0.3) is 10.9 Å². The number of nitriles is 1. The van der Waals surface area contributed by atoms with Crippen molar-refractivity contribution in [2.24, 2.45) is 0 Å². The van der Waals surface area contributed by atoms with Gasteiger partial charge in [0.15, 0.2) is 0 Å². The van der Waals surface area contributed by atoms with E-state index in [9.17, 15) is 9.59 Å². The molecular weight excluding hydrogens is 254 g/mol. The van der Waals surface area contributed by atoms with Gasteiger partial charge in [0.25, 0.3) is 5.56 Å². The lowest BCUT2D eigenvalue weighted by Gasteiger charge is -2.10. The Hall–Kier alpha value is -2.61. The van der Waals surface area contributed by atoms with E-state index in [-0.39, 0.29) is 17.9 Å². The average molecular weight is 269 g/mol. The molecule has 0 fully saturated rings. The van der Waals surface area contributed by atoms with Crippen LogP contribution in [0.2, 0.25) is 0 Å². The molecule has 0 aliphatic carbocycles. The molecule has 20 heavy (non-hydrogen) atoms. The first-order valence-electron chi connectivity index (χ1n) is 6.29. The normalized spacial score (nSPS) is 11.8. The molecule has 1 aromatic carbocycles. The fraction of sp³-hybridized carbons (Fsp3) is 0.267. The van der Waals surface area contributed by atoms with Gasteiger partial charge in [0.05, 0.1) is 6.07 Å². The molecular formula is C15H15N3O2. The zero-order valence-corrected chi connectivity index (χ0v) is 11.4. The zero-order chi connectivity index (χ0) is 14.7. The van der Waals surface area contributed by atoms with E-state index in [0.717, 1.165) is 16.5 Å². The number of fused-ring (bicyclic) bond motifs is 1. The number of hydrogen-bond acceptors (Lipinski definition) is 3. The maximum atomic E-state index is 12.0. The highest BCUT2D eigenvalue weighted by atomic mass is 16.1. The predicted octanol–water partition coefficient (Wildman–Crippen LogP) is 1.41. The molecule has 0 radical (unpaired) electrons. The van der Waals surface area contributed by atoms with E-state index in [1.54, 1.807) is 6.07 Å². The molecule has 0 spiro atoms. The SMILES string of the molecule is CC(=O)N[C@H](C#N)Cc1cc2cc(C)ccc2[nH]c1=O. The summed E-state index contributed by atoms with van der Waals surface area (Å²) >= 11 is 0. The van der Waals surface area contributed by atoms with Crippen molar-refractivity contribution in [3.05, 3.63) is 45.7 Å². The summed E-state index contributed by atoms with van der Waals surface area (Å²) in [4.78, 5) is 25.8. The number of aromatic amines is 1. The number of carbonyl (C=O) groups excluding carboxylic acids is 1. The van der Waals surface area contributed by atoms with E-state index in [1.807, 2.05) is 31.2 Å². The number of H-pyrrole nitrogens is 1. The van der Waals surface area contributed by atoms with Crippen molar-refractivity contribution in [2.75, 3.05) is 0 Å². The van der Waals surface area contributed by atoms with Crippen LogP contribution in [0, 0.1) is 18.3 Å².